The number of thioether (sulfide) groups is 1. The van der Waals surface area contributed by atoms with Gasteiger partial charge >= 0.3 is 0 Å². The Bertz CT molecular complexity index is 637. The summed E-state index contributed by atoms with van der Waals surface area (Å²) >= 11 is 1.53. The molecule has 1 aromatic carbocycles. The fourth-order valence-corrected chi connectivity index (χ4v) is 2.89. The Kier molecular flexibility index (Phi) is 6.38. The maximum absolute atomic E-state index is 7.56. The SMILES string of the molecule is C=C(/C=C\C)SC(=C)/C(c1cc(C)ccc1C)=[N+](/C)C=N. The summed E-state index contributed by atoms with van der Waals surface area (Å²) in [5.74, 6) is 0. The van der Waals surface area contributed by atoms with Crippen LogP contribution < -0.4 is 0 Å². The van der Waals surface area contributed by atoms with Gasteiger partial charge in [0.25, 0.3) is 6.34 Å². The van der Waals surface area contributed by atoms with Crippen molar-refractivity contribution in [3.8, 4) is 0 Å². The molecule has 0 aliphatic rings. The Morgan fingerprint density at radius 3 is 2.52 bits per heavy atom. The number of hydrogen-bond acceptors (Lipinski definition) is 2. The topological polar surface area (TPSA) is 26.9 Å². The minimum absolute atomic E-state index is 0.887. The summed E-state index contributed by atoms with van der Waals surface area (Å²) in [6, 6.07) is 6.32. The molecule has 21 heavy (non-hydrogen) atoms. The average molecular weight is 299 g/mol. The third-order valence-corrected chi connectivity index (χ3v) is 3.90. The van der Waals surface area contributed by atoms with Crippen molar-refractivity contribution in [1.82, 2.24) is 0 Å². The molecular formula is C18H23N2S+. The van der Waals surface area contributed by atoms with Crippen molar-refractivity contribution in [3.05, 3.63) is 70.0 Å². The highest BCUT2D eigenvalue weighted by Gasteiger charge is 2.17. The third-order valence-electron chi connectivity index (χ3n) is 3.07. The zero-order chi connectivity index (χ0) is 16.0. The second kappa shape index (κ2) is 7.79. The first-order chi connectivity index (χ1) is 9.90. The van der Waals surface area contributed by atoms with E-state index in [4.69, 9.17) is 5.41 Å². The highest BCUT2D eigenvalue weighted by Crippen LogP contribution is 2.28. The molecule has 0 saturated carbocycles. The van der Waals surface area contributed by atoms with Crippen LogP contribution in [-0.4, -0.2) is 23.7 Å². The van der Waals surface area contributed by atoms with E-state index in [9.17, 15) is 0 Å². The van der Waals surface area contributed by atoms with Gasteiger partial charge in [-0.05, 0) is 32.4 Å². The second-order valence-corrected chi connectivity index (χ2v) is 6.12. The predicted molar refractivity (Wildman–Crippen MR) is 95.7 cm³/mol. The zero-order valence-electron chi connectivity index (χ0n) is 13.2. The molecule has 1 rings (SSSR count). The molecule has 1 N–H and O–H groups in total. The van der Waals surface area contributed by atoms with Crippen molar-refractivity contribution in [2.45, 2.75) is 20.8 Å². The number of benzene rings is 1. The van der Waals surface area contributed by atoms with E-state index in [0.717, 1.165) is 21.1 Å². The predicted octanol–water partition coefficient (Wildman–Crippen LogP) is 4.68. The van der Waals surface area contributed by atoms with E-state index in [2.05, 4.69) is 45.2 Å². The molecule has 0 unspecified atom stereocenters. The number of nitrogens with zero attached hydrogens (tertiary/aromatic N) is 1. The molecule has 3 heteroatoms. The molecule has 0 spiro atoms. The van der Waals surface area contributed by atoms with E-state index >= 15 is 0 Å². The van der Waals surface area contributed by atoms with Gasteiger partial charge in [0, 0.05) is 10.5 Å². The summed E-state index contributed by atoms with van der Waals surface area (Å²) in [7, 11) is 1.87. The van der Waals surface area contributed by atoms with Crippen LogP contribution in [0.2, 0.25) is 0 Å². The standard InChI is InChI=1S/C18H23N2S/c1-7-8-15(4)21-16(5)18(20(6)12-19)17-11-13(2)9-10-14(17)3/h7-12,19H,4-5H2,1-3,6H3/q+1/b8-7-,19-12?,20-18+. The maximum atomic E-state index is 7.56. The van der Waals surface area contributed by atoms with Crippen molar-refractivity contribution in [1.29, 1.82) is 5.41 Å². The molecule has 0 fully saturated rings. The average Bonchev–Trinajstić information content (AvgIpc) is 2.42. The highest BCUT2D eigenvalue weighted by molar-refractivity contribution is 8.07. The zero-order valence-corrected chi connectivity index (χ0v) is 14.1. The molecule has 0 aliphatic heterocycles. The minimum Gasteiger partial charge on any atom is -0.232 e. The molecule has 0 atom stereocenters. The van der Waals surface area contributed by atoms with Gasteiger partial charge in [0.2, 0.25) is 0 Å². The molecule has 110 valence electrons. The molecule has 0 aliphatic carbocycles. The lowest BCUT2D eigenvalue weighted by atomic mass is 10.0. The number of hydrogen-bond donors (Lipinski definition) is 1. The van der Waals surface area contributed by atoms with Crippen LogP contribution >= 0.6 is 11.8 Å². The van der Waals surface area contributed by atoms with Crippen LogP contribution in [0.15, 0.2) is 53.3 Å². The van der Waals surface area contributed by atoms with E-state index in [1.807, 2.05) is 26.1 Å². The molecule has 0 saturated heterocycles. The normalized spacial score (nSPS) is 12.2. The van der Waals surface area contributed by atoms with Gasteiger partial charge in [0.15, 0.2) is 0 Å². The van der Waals surface area contributed by atoms with Crippen LogP contribution in [0.3, 0.4) is 0 Å². The van der Waals surface area contributed by atoms with E-state index in [1.165, 1.54) is 29.2 Å². The Morgan fingerprint density at radius 2 is 1.95 bits per heavy atom. The lowest BCUT2D eigenvalue weighted by molar-refractivity contribution is -0.360. The molecular weight excluding hydrogens is 276 g/mol. The summed E-state index contributed by atoms with van der Waals surface area (Å²) < 4.78 is 1.79. The molecule has 0 radical (unpaired) electrons. The van der Waals surface area contributed by atoms with E-state index in [-0.39, 0.29) is 0 Å². The van der Waals surface area contributed by atoms with Crippen molar-refractivity contribution in [3.63, 3.8) is 0 Å². The Balaban J connectivity index is 3.32. The van der Waals surface area contributed by atoms with E-state index < -0.39 is 0 Å². The minimum atomic E-state index is 0.887. The van der Waals surface area contributed by atoms with Crippen molar-refractivity contribution >= 4 is 23.8 Å². The lowest BCUT2D eigenvalue weighted by Crippen LogP contribution is -2.19. The summed E-state index contributed by atoms with van der Waals surface area (Å²) in [4.78, 5) is 1.82. The first kappa shape index (κ1) is 17.2. The highest BCUT2D eigenvalue weighted by atomic mass is 32.2. The molecule has 0 aromatic heterocycles. The molecule has 0 bridgehead atoms. The summed E-state index contributed by atoms with van der Waals surface area (Å²) in [5.41, 5.74) is 4.41. The molecule has 0 amide bonds. The van der Waals surface area contributed by atoms with Gasteiger partial charge in [-0.15, -0.1) is 5.41 Å². The largest absolute Gasteiger partial charge is 0.277 e. The van der Waals surface area contributed by atoms with E-state index in [0.29, 0.717) is 0 Å². The van der Waals surface area contributed by atoms with Crippen molar-refractivity contribution < 1.29 is 4.58 Å². The van der Waals surface area contributed by atoms with Crippen LogP contribution in [0.5, 0.6) is 0 Å². The summed E-state index contributed by atoms with van der Waals surface area (Å²) in [6.07, 6.45) is 5.22. The summed E-state index contributed by atoms with van der Waals surface area (Å²) in [5, 5.41) is 7.56. The Hall–Kier alpha value is -1.87. The smallest absolute Gasteiger partial charge is 0.232 e. The van der Waals surface area contributed by atoms with Crippen LogP contribution in [0.4, 0.5) is 0 Å². The fraction of sp³-hybridized carbons (Fsp3) is 0.222. The van der Waals surface area contributed by atoms with Gasteiger partial charge in [0.05, 0.1) is 12.0 Å². The van der Waals surface area contributed by atoms with Gasteiger partial charge in [-0.25, -0.2) is 4.58 Å². The van der Waals surface area contributed by atoms with Crippen LogP contribution in [0.25, 0.3) is 0 Å². The third kappa shape index (κ3) is 4.57. The number of rotatable bonds is 6. The monoisotopic (exact) mass is 299 g/mol. The van der Waals surface area contributed by atoms with Gasteiger partial charge < -0.3 is 0 Å². The molecule has 1 aromatic rings. The quantitative estimate of drug-likeness (QED) is 0.351. The van der Waals surface area contributed by atoms with E-state index in [1.54, 1.807) is 4.58 Å². The first-order valence-electron chi connectivity index (χ1n) is 6.77. The van der Waals surface area contributed by atoms with Gasteiger partial charge in [-0.1, -0.05) is 54.8 Å². The fourth-order valence-electron chi connectivity index (χ4n) is 2.02. The Morgan fingerprint density at radius 1 is 1.29 bits per heavy atom. The number of nitrogens with one attached hydrogen (secondary N) is 1. The van der Waals surface area contributed by atoms with Gasteiger partial charge in [0.1, 0.15) is 5.71 Å². The van der Waals surface area contributed by atoms with Crippen LogP contribution in [0, 0.1) is 19.3 Å². The lowest BCUT2D eigenvalue weighted by Gasteiger charge is -2.13. The first-order valence-corrected chi connectivity index (χ1v) is 7.59. The second-order valence-electron chi connectivity index (χ2n) is 4.90. The summed E-state index contributed by atoms with van der Waals surface area (Å²) in [6.45, 7) is 14.3. The Labute approximate surface area is 132 Å². The molecule has 2 nitrogen and oxygen atoms in total. The van der Waals surface area contributed by atoms with Gasteiger partial charge in [-0.2, -0.15) is 0 Å². The van der Waals surface area contributed by atoms with Crippen molar-refractivity contribution in [2.24, 2.45) is 0 Å². The van der Waals surface area contributed by atoms with Crippen LogP contribution in [0.1, 0.15) is 23.6 Å². The van der Waals surface area contributed by atoms with Crippen molar-refractivity contribution in [2.75, 3.05) is 7.05 Å². The number of aryl methyl sites for hydroxylation is 2. The number of allylic oxidation sites excluding steroid dienone is 3. The maximum Gasteiger partial charge on any atom is 0.277 e. The van der Waals surface area contributed by atoms with Gasteiger partial charge in [-0.3, -0.25) is 0 Å². The van der Waals surface area contributed by atoms with Crippen LogP contribution in [-0.2, 0) is 0 Å². The molecule has 0 heterocycles.